The first-order valence-electron chi connectivity index (χ1n) is 8.35. The second kappa shape index (κ2) is 7.93. The van der Waals surface area contributed by atoms with Crippen LogP contribution in [-0.2, 0) is 13.6 Å². The number of hydrogen-bond donors (Lipinski definition) is 3. The van der Waals surface area contributed by atoms with E-state index in [9.17, 15) is 24.8 Å². The molecule has 0 aliphatic carbocycles. The van der Waals surface area contributed by atoms with Crippen molar-refractivity contribution in [2.75, 3.05) is 5.43 Å². The summed E-state index contributed by atoms with van der Waals surface area (Å²) in [5, 5.41) is 24.3. The molecule has 3 aromatic rings. The lowest BCUT2D eigenvalue weighted by molar-refractivity contribution is -0.402. The SMILES string of the molecule is C[C@H](O)Cn1c(N/N=C\C=C\c2ccc([N+](=O)[O-])o2)nc2c1c(=O)[nH]c(=O)n2C. The van der Waals surface area contributed by atoms with Gasteiger partial charge in [0.25, 0.3) is 5.56 Å². The molecule has 0 bridgehead atoms. The number of nitrogens with one attached hydrogen (secondary N) is 2. The molecule has 0 amide bonds. The van der Waals surface area contributed by atoms with Crippen LogP contribution in [0.4, 0.5) is 11.8 Å². The van der Waals surface area contributed by atoms with Crippen molar-refractivity contribution in [3.63, 3.8) is 0 Å². The largest absolute Gasteiger partial charge is 0.433 e. The van der Waals surface area contributed by atoms with Gasteiger partial charge in [-0.1, -0.05) is 0 Å². The predicted octanol–water partition coefficient (Wildman–Crippen LogP) is 0.416. The third kappa shape index (κ3) is 4.14. The highest BCUT2D eigenvalue weighted by atomic mass is 16.6. The highest BCUT2D eigenvalue weighted by Crippen LogP contribution is 2.17. The molecule has 0 saturated carbocycles. The summed E-state index contributed by atoms with van der Waals surface area (Å²) >= 11 is 0. The van der Waals surface area contributed by atoms with Crippen LogP contribution in [0, 0.1) is 10.1 Å². The molecule has 1 atom stereocenters. The smallest absolute Gasteiger partial charge is 0.401 e. The van der Waals surface area contributed by atoms with Crippen LogP contribution in [0.15, 0.2) is 37.3 Å². The van der Waals surface area contributed by atoms with Gasteiger partial charge in [0.2, 0.25) is 5.95 Å². The van der Waals surface area contributed by atoms with E-state index in [4.69, 9.17) is 4.42 Å². The van der Waals surface area contributed by atoms with Gasteiger partial charge >= 0.3 is 11.6 Å². The molecule has 29 heavy (non-hydrogen) atoms. The summed E-state index contributed by atoms with van der Waals surface area (Å²) in [5.41, 5.74) is 1.65. The molecule has 0 spiro atoms. The maximum atomic E-state index is 12.2. The summed E-state index contributed by atoms with van der Waals surface area (Å²) in [6, 6.07) is 2.67. The molecule has 3 heterocycles. The summed E-state index contributed by atoms with van der Waals surface area (Å²) in [5.74, 6) is 0.0410. The van der Waals surface area contributed by atoms with E-state index in [2.05, 4.69) is 20.5 Å². The van der Waals surface area contributed by atoms with Crippen LogP contribution >= 0.6 is 0 Å². The second-order valence-electron chi connectivity index (χ2n) is 6.07. The van der Waals surface area contributed by atoms with Gasteiger partial charge in [0.05, 0.1) is 18.7 Å². The van der Waals surface area contributed by atoms with Gasteiger partial charge in [0.1, 0.15) is 10.7 Å². The topological polar surface area (TPSA) is 174 Å². The molecule has 13 nitrogen and oxygen atoms in total. The quantitative estimate of drug-likeness (QED) is 0.289. The highest BCUT2D eigenvalue weighted by molar-refractivity contribution is 5.78. The van der Waals surface area contributed by atoms with Gasteiger partial charge in [-0.15, -0.1) is 0 Å². The lowest BCUT2D eigenvalue weighted by atomic mass is 10.4. The van der Waals surface area contributed by atoms with Gasteiger partial charge in [0, 0.05) is 13.3 Å². The normalized spacial score (nSPS) is 12.9. The Morgan fingerprint density at radius 3 is 2.90 bits per heavy atom. The number of H-pyrrole nitrogens is 1. The van der Waals surface area contributed by atoms with Crippen molar-refractivity contribution in [3.05, 3.63) is 54.9 Å². The van der Waals surface area contributed by atoms with Crippen LogP contribution in [-0.4, -0.2) is 41.5 Å². The van der Waals surface area contributed by atoms with Crippen LogP contribution in [0.5, 0.6) is 0 Å². The summed E-state index contributed by atoms with van der Waals surface area (Å²) in [4.78, 5) is 40.3. The van der Waals surface area contributed by atoms with Crippen molar-refractivity contribution in [2.45, 2.75) is 19.6 Å². The number of nitrogens with zero attached hydrogens (tertiary/aromatic N) is 5. The van der Waals surface area contributed by atoms with Crippen LogP contribution < -0.4 is 16.7 Å². The number of nitro groups is 1. The number of aryl methyl sites for hydroxylation is 1. The summed E-state index contributed by atoms with van der Waals surface area (Å²) in [6.45, 7) is 1.59. The first kappa shape index (κ1) is 19.8. The minimum atomic E-state index is -0.789. The van der Waals surface area contributed by atoms with E-state index in [0.29, 0.717) is 0 Å². The monoisotopic (exact) mass is 403 g/mol. The molecule has 3 rings (SSSR count). The third-order valence-electron chi connectivity index (χ3n) is 3.83. The molecule has 3 N–H and O–H groups in total. The number of furan rings is 1. The molecule has 0 aliphatic heterocycles. The lowest BCUT2D eigenvalue weighted by Gasteiger charge is -2.09. The number of aromatic amines is 1. The van der Waals surface area contributed by atoms with Crippen LogP contribution in [0.2, 0.25) is 0 Å². The molecule has 0 aromatic carbocycles. The molecule has 0 unspecified atom stereocenters. The Labute approximate surface area is 161 Å². The minimum absolute atomic E-state index is 0.0432. The number of aliphatic hydroxyl groups is 1. The zero-order valence-electron chi connectivity index (χ0n) is 15.4. The number of anilines is 1. The minimum Gasteiger partial charge on any atom is -0.401 e. The lowest BCUT2D eigenvalue weighted by Crippen LogP contribution is -2.29. The van der Waals surface area contributed by atoms with Crippen LogP contribution in [0.1, 0.15) is 12.7 Å². The molecule has 0 aliphatic rings. The fourth-order valence-electron chi connectivity index (χ4n) is 2.57. The van der Waals surface area contributed by atoms with E-state index in [0.717, 1.165) is 0 Å². The Morgan fingerprint density at radius 2 is 2.24 bits per heavy atom. The maximum absolute atomic E-state index is 12.2. The zero-order valence-corrected chi connectivity index (χ0v) is 15.4. The van der Waals surface area contributed by atoms with E-state index < -0.39 is 22.3 Å². The standard InChI is InChI=1S/C16H17N7O6/c1-9(24)8-22-12-13(21(2)16(26)19-14(12)25)18-15(22)20-17-7-3-4-10-5-6-11(29-10)23(27)28/h3-7,9,24H,8H2,1-2H3,(H,18,20)(H,19,25,26)/b4-3+,17-7-/t9-/m0/s1. The van der Waals surface area contributed by atoms with E-state index in [-0.39, 0.29) is 35.3 Å². The van der Waals surface area contributed by atoms with Crippen molar-refractivity contribution in [1.82, 2.24) is 19.1 Å². The van der Waals surface area contributed by atoms with Crippen LogP contribution in [0.25, 0.3) is 17.2 Å². The van der Waals surface area contributed by atoms with Crippen molar-refractivity contribution in [1.29, 1.82) is 0 Å². The zero-order chi connectivity index (χ0) is 21.1. The van der Waals surface area contributed by atoms with Crippen molar-refractivity contribution < 1.29 is 14.4 Å². The maximum Gasteiger partial charge on any atom is 0.433 e. The summed E-state index contributed by atoms with van der Waals surface area (Å²) in [7, 11) is 1.46. The highest BCUT2D eigenvalue weighted by Gasteiger charge is 2.18. The Morgan fingerprint density at radius 1 is 1.48 bits per heavy atom. The van der Waals surface area contributed by atoms with E-state index in [1.54, 1.807) is 6.92 Å². The average Bonchev–Trinajstić information content (AvgIpc) is 3.25. The Kier molecular flexibility index (Phi) is 5.40. The predicted molar refractivity (Wildman–Crippen MR) is 104 cm³/mol. The third-order valence-corrected chi connectivity index (χ3v) is 3.83. The molecular weight excluding hydrogens is 386 g/mol. The molecule has 152 valence electrons. The molecule has 13 heteroatoms. The summed E-state index contributed by atoms with van der Waals surface area (Å²) in [6.07, 6.45) is 3.48. The number of aromatic nitrogens is 4. The van der Waals surface area contributed by atoms with E-state index in [1.165, 1.54) is 46.7 Å². The molecular formula is C16H17N7O6. The van der Waals surface area contributed by atoms with E-state index >= 15 is 0 Å². The van der Waals surface area contributed by atoms with Gasteiger partial charge in [-0.2, -0.15) is 10.1 Å². The number of hydrogen-bond acceptors (Lipinski definition) is 9. The van der Waals surface area contributed by atoms with Gasteiger partial charge in [0.15, 0.2) is 11.2 Å². The second-order valence-corrected chi connectivity index (χ2v) is 6.07. The average molecular weight is 403 g/mol. The van der Waals surface area contributed by atoms with Crippen molar-refractivity contribution in [2.24, 2.45) is 12.1 Å². The molecule has 0 radical (unpaired) electrons. The Balaban J connectivity index is 1.86. The van der Waals surface area contributed by atoms with Crippen molar-refractivity contribution in [3.8, 4) is 0 Å². The number of fused-ring (bicyclic) bond motifs is 1. The fourth-order valence-corrected chi connectivity index (χ4v) is 2.57. The van der Waals surface area contributed by atoms with Crippen LogP contribution in [0.3, 0.4) is 0 Å². The molecule has 3 aromatic heterocycles. The number of rotatable bonds is 7. The number of imidazole rings is 1. The van der Waals surface area contributed by atoms with Gasteiger partial charge in [-0.05, 0) is 25.1 Å². The molecule has 0 fully saturated rings. The number of hydrazone groups is 1. The van der Waals surface area contributed by atoms with Crippen molar-refractivity contribution >= 4 is 35.3 Å². The van der Waals surface area contributed by atoms with Gasteiger partial charge < -0.3 is 14.1 Å². The summed E-state index contributed by atoms with van der Waals surface area (Å²) < 4.78 is 7.55. The Hall–Kier alpha value is -4.00. The first-order chi connectivity index (χ1) is 13.8. The van der Waals surface area contributed by atoms with E-state index in [1.807, 2.05) is 0 Å². The number of aliphatic hydroxyl groups excluding tert-OH is 1. The first-order valence-corrected chi connectivity index (χ1v) is 8.35. The molecule has 0 saturated heterocycles. The fraction of sp³-hybridized carbons (Fsp3) is 0.250. The van der Waals surface area contributed by atoms with Gasteiger partial charge in [-0.25, -0.2) is 10.2 Å². The number of allylic oxidation sites excluding steroid dienone is 1. The van der Waals surface area contributed by atoms with Gasteiger partial charge in [-0.3, -0.25) is 24.5 Å². The Bertz CT molecular complexity index is 1230.